The third-order valence-corrected chi connectivity index (χ3v) is 4.27. The van der Waals surface area contributed by atoms with Gasteiger partial charge in [-0.1, -0.05) is 25.1 Å². The summed E-state index contributed by atoms with van der Waals surface area (Å²) in [7, 11) is 1.73. The Balaban J connectivity index is 1.51. The summed E-state index contributed by atoms with van der Waals surface area (Å²) in [6.07, 6.45) is 1.36. The summed E-state index contributed by atoms with van der Waals surface area (Å²) in [5, 5.41) is 9.49. The highest BCUT2D eigenvalue weighted by molar-refractivity contribution is 5.90. The third kappa shape index (κ3) is 5.39. The van der Waals surface area contributed by atoms with Gasteiger partial charge in [0.2, 0.25) is 12.7 Å². The van der Waals surface area contributed by atoms with E-state index in [4.69, 9.17) is 9.47 Å². The molecular weight excluding hydrogens is 356 g/mol. The van der Waals surface area contributed by atoms with E-state index in [-0.39, 0.29) is 12.7 Å². The van der Waals surface area contributed by atoms with Crippen LogP contribution in [0.4, 0.5) is 5.69 Å². The number of anilines is 1. The van der Waals surface area contributed by atoms with Gasteiger partial charge in [0.25, 0.3) is 0 Å². The van der Waals surface area contributed by atoms with Gasteiger partial charge in [0, 0.05) is 32.2 Å². The molecule has 1 aliphatic heterocycles. The van der Waals surface area contributed by atoms with Gasteiger partial charge < -0.3 is 25.4 Å². The Morgan fingerprint density at radius 2 is 1.79 bits per heavy atom. The Kier molecular flexibility index (Phi) is 6.73. The normalized spacial score (nSPS) is 12.6. The van der Waals surface area contributed by atoms with Crippen LogP contribution in [0, 0.1) is 0 Å². The number of carbonyl (C=O) groups excluding carboxylic acids is 1. The number of guanidine groups is 1. The lowest BCUT2D eigenvalue weighted by Gasteiger charge is -2.13. The van der Waals surface area contributed by atoms with E-state index < -0.39 is 0 Å². The Bertz CT molecular complexity index is 851. The topological polar surface area (TPSA) is 84.0 Å². The van der Waals surface area contributed by atoms with Crippen LogP contribution in [0.2, 0.25) is 0 Å². The molecule has 3 N–H and O–H groups in total. The van der Waals surface area contributed by atoms with Crippen molar-refractivity contribution in [2.24, 2.45) is 4.99 Å². The summed E-state index contributed by atoms with van der Waals surface area (Å²) < 4.78 is 10.7. The zero-order chi connectivity index (χ0) is 19.8. The summed E-state index contributed by atoms with van der Waals surface area (Å²) in [6.45, 7) is 3.47. The molecule has 148 valence electrons. The summed E-state index contributed by atoms with van der Waals surface area (Å²) in [6, 6.07) is 13.7. The van der Waals surface area contributed by atoms with Crippen molar-refractivity contribution < 1.29 is 14.3 Å². The highest BCUT2D eigenvalue weighted by Gasteiger charge is 2.13. The van der Waals surface area contributed by atoms with Crippen LogP contribution in [-0.4, -0.2) is 25.7 Å². The highest BCUT2D eigenvalue weighted by atomic mass is 16.7. The molecular formula is C21H26N4O3. The van der Waals surface area contributed by atoms with Crippen LogP contribution in [0.5, 0.6) is 11.5 Å². The Morgan fingerprint density at radius 1 is 1.04 bits per heavy atom. The first-order valence-corrected chi connectivity index (χ1v) is 9.39. The van der Waals surface area contributed by atoms with Gasteiger partial charge in [-0.2, -0.15) is 0 Å². The van der Waals surface area contributed by atoms with E-state index in [0.29, 0.717) is 25.5 Å². The minimum absolute atomic E-state index is 0.0359. The Labute approximate surface area is 165 Å². The first kappa shape index (κ1) is 19.5. The number of fused-ring (bicyclic) bond motifs is 1. The maximum Gasteiger partial charge on any atom is 0.231 e. The van der Waals surface area contributed by atoms with Crippen molar-refractivity contribution in [1.29, 1.82) is 0 Å². The van der Waals surface area contributed by atoms with Crippen molar-refractivity contribution in [3.05, 3.63) is 53.6 Å². The molecule has 0 spiro atoms. The van der Waals surface area contributed by atoms with Gasteiger partial charge in [0.1, 0.15) is 0 Å². The number of nitrogens with one attached hydrogen (secondary N) is 3. The second kappa shape index (κ2) is 9.64. The van der Waals surface area contributed by atoms with Crippen molar-refractivity contribution in [1.82, 2.24) is 10.6 Å². The van der Waals surface area contributed by atoms with E-state index in [1.165, 1.54) is 0 Å². The lowest BCUT2D eigenvalue weighted by Crippen LogP contribution is -2.36. The highest BCUT2D eigenvalue weighted by Crippen LogP contribution is 2.32. The van der Waals surface area contributed by atoms with Gasteiger partial charge in [-0.05, 0) is 41.8 Å². The molecule has 7 heteroatoms. The van der Waals surface area contributed by atoms with Gasteiger partial charge in [-0.15, -0.1) is 0 Å². The molecule has 0 atom stereocenters. The first-order chi connectivity index (χ1) is 13.7. The van der Waals surface area contributed by atoms with Crippen LogP contribution >= 0.6 is 0 Å². The number of hydrogen-bond donors (Lipinski definition) is 3. The standard InChI is InChI=1S/C21H26N4O3/c1-3-5-20(26)25-17-7-4-6-15(10-17)12-23-21(22-2)24-13-16-8-9-18-19(11-16)28-14-27-18/h4,6-11H,3,5,12-14H2,1-2H3,(H,25,26)(H2,22,23,24). The lowest BCUT2D eigenvalue weighted by molar-refractivity contribution is -0.116. The van der Waals surface area contributed by atoms with Crippen molar-refractivity contribution in [2.75, 3.05) is 19.2 Å². The third-order valence-electron chi connectivity index (χ3n) is 4.27. The van der Waals surface area contributed by atoms with Gasteiger partial charge in [0.05, 0.1) is 0 Å². The van der Waals surface area contributed by atoms with E-state index in [1.807, 2.05) is 49.4 Å². The number of nitrogens with zero attached hydrogens (tertiary/aromatic N) is 1. The largest absolute Gasteiger partial charge is 0.454 e. The first-order valence-electron chi connectivity index (χ1n) is 9.39. The molecule has 28 heavy (non-hydrogen) atoms. The minimum atomic E-state index is 0.0359. The Morgan fingerprint density at radius 3 is 2.54 bits per heavy atom. The average molecular weight is 382 g/mol. The molecule has 0 aliphatic carbocycles. The van der Waals surface area contributed by atoms with E-state index in [2.05, 4.69) is 20.9 Å². The van der Waals surface area contributed by atoms with E-state index in [0.717, 1.165) is 34.7 Å². The predicted octanol–water partition coefficient (Wildman–Crippen LogP) is 3.02. The number of aliphatic imine (C=N–C) groups is 1. The molecule has 2 aromatic rings. The summed E-state index contributed by atoms with van der Waals surface area (Å²) in [4.78, 5) is 16.0. The maximum atomic E-state index is 11.8. The van der Waals surface area contributed by atoms with Crippen LogP contribution in [0.25, 0.3) is 0 Å². The van der Waals surface area contributed by atoms with Gasteiger partial charge in [0.15, 0.2) is 17.5 Å². The average Bonchev–Trinajstić information content (AvgIpc) is 3.16. The number of ether oxygens (including phenoxy) is 2. The zero-order valence-corrected chi connectivity index (χ0v) is 16.2. The van der Waals surface area contributed by atoms with Crippen molar-refractivity contribution in [3.8, 4) is 11.5 Å². The fraction of sp³-hybridized carbons (Fsp3) is 0.333. The second-order valence-corrected chi connectivity index (χ2v) is 6.47. The predicted molar refractivity (Wildman–Crippen MR) is 110 cm³/mol. The van der Waals surface area contributed by atoms with Crippen LogP contribution in [0.15, 0.2) is 47.5 Å². The van der Waals surface area contributed by atoms with Crippen LogP contribution < -0.4 is 25.4 Å². The van der Waals surface area contributed by atoms with E-state index in [9.17, 15) is 4.79 Å². The van der Waals surface area contributed by atoms with E-state index >= 15 is 0 Å². The van der Waals surface area contributed by atoms with E-state index in [1.54, 1.807) is 7.05 Å². The number of amides is 1. The molecule has 2 aromatic carbocycles. The maximum absolute atomic E-state index is 11.8. The molecule has 1 heterocycles. The lowest BCUT2D eigenvalue weighted by atomic mass is 10.2. The van der Waals surface area contributed by atoms with Gasteiger partial charge in [-0.3, -0.25) is 9.79 Å². The molecule has 0 aromatic heterocycles. The molecule has 7 nitrogen and oxygen atoms in total. The van der Waals surface area contributed by atoms with Crippen LogP contribution in [0.1, 0.15) is 30.9 Å². The van der Waals surface area contributed by atoms with Crippen molar-refractivity contribution in [2.45, 2.75) is 32.9 Å². The summed E-state index contributed by atoms with van der Waals surface area (Å²) >= 11 is 0. The zero-order valence-electron chi connectivity index (χ0n) is 16.2. The van der Waals surface area contributed by atoms with Gasteiger partial charge >= 0.3 is 0 Å². The van der Waals surface area contributed by atoms with Crippen LogP contribution in [0.3, 0.4) is 0 Å². The fourth-order valence-corrected chi connectivity index (χ4v) is 2.85. The molecule has 0 saturated heterocycles. The fourth-order valence-electron chi connectivity index (χ4n) is 2.85. The number of rotatable bonds is 7. The van der Waals surface area contributed by atoms with Crippen LogP contribution in [-0.2, 0) is 17.9 Å². The summed E-state index contributed by atoms with van der Waals surface area (Å²) in [5.41, 5.74) is 2.94. The van der Waals surface area contributed by atoms with Crippen molar-refractivity contribution in [3.63, 3.8) is 0 Å². The molecule has 3 rings (SSSR count). The molecule has 1 amide bonds. The number of hydrogen-bond acceptors (Lipinski definition) is 4. The molecule has 0 bridgehead atoms. The number of benzene rings is 2. The minimum Gasteiger partial charge on any atom is -0.454 e. The van der Waals surface area contributed by atoms with Crippen molar-refractivity contribution >= 4 is 17.6 Å². The molecule has 1 aliphatic rings. The number of carbonyl (C=O) groups is 1. The quantitative estimate of drug-likeness (QED) is 0.506. The monoisotopic (exact) mass is 382 g/mol. The molecule has 0 radical (unpaired) electrons. The molecule has 0 unspecified atom stereocenters. The van der Waals surface area contributed by atoms with Gasteiger partial charge in [-0.25, -0.2) is 0 Å². The summed E-state index contributed by atoms with van der Waals surface area (Å²) in [5.74, 6) is 2.27. The Hall–Kier alpha value is -3.22. The smallest absolute Gasteiger partial charge is 0.231 e. The molecule has 0 saturated carbocycles. The SMILES string of the molecule is CCCC(=O)Nc1cccc(CNC(=NC)NCc2ccc3c(c2)OCO3)c1. The second-order valence-electron chi connectivity index (χ2n) is 6.47. The molecule has 0 fully saturated rings.